The van der Waals surface area contributed by atoms with Crippen LogP contribution in [0, 0.1) is 0 Å². The standard InChI is InChI=1S/C15H16BrN3O3S/c16-12-4-3-6-14(10-12)23(21,22)19-9-7-15(20)18-11-13-5-1-2-8-17-13/h1-6,8,10,19H,7,9,11H2,(H,18,20). The number of halogens is 1. The quantitative estimate of drug-likeness (QED) is 0.745. The molecule has 0 aliphatic carbocycles. The number of amides is 1. The van der Waals surface area contributed by atoms with Gasteiger partial charge in [-0.2, -0.15) is 0 Å². The molecule has 2 rings (SSSR count). The van der Waals surface area contributed by atoms with Crippen LogP contribution in [0.5, 0.6) is 0 Å². The summed E-state index contributed by atoms with van der Waals surface area (Å²) in [6.07, 6.45) is 1.70. The molecule has 1 aromatic heterocycles. The second kappa shape index (κ2) is 8.19. The highest BCUT2D eigenvalue weighted by molar-refractivity contribution is 9.10. The first-order valence-corrected chi connectivity index (χ1v) is 9.17. The normalized spacial score (nSPS) is 11.2. The lowest BCUT2D eigenvalue weighted by atomic mass is 10.3. The average molecular weight is 398 g/mol. The van der Waals surface area contributed by atoms with Crippen molar-refractivity contribution in [2.45, 2.75) is 17.9 Å². The number of carbonyl (C=O) groups excluding carboxylic acids is 1. The zero-order chi connectivity index (χ0) is 16.7. The van der Waals surface area contributed by atoms with Crippen LogP contribution in [0.4, 0.5) is 0 Å². The first-order valence-electron chi connectivity index (χ1n) is 6.89. The average Bonchev–Trinajstić information content (AvgIpc) is 2.54. The van der Waals surface area contributed by atoms with E-state index >= 15 is 0 Å². The predicted molar refractivity (Wildman–Crippen MR) is 90.0 cm³/mol. The van der Waals surface area contributed by atoms with E-state index < -0.39 is 10.0 Å². The first kappa shape index (κ1) is 17.6. The maximum Gasteiger partial charge on any atom is 0.240 e. The monoisotopic (exact) mass is 397 g/mol. The minimum absolute atomic E-state index is 0.0307. The molecule has 0 aliphatic heterocycles. The van der Waals surface area contributed by atoms with Gasteiger partial charge in [0.15, 0.2) is 0 Å². The topological polar surface area (TPSA) is 88.2 Å². The highest BCUT2D eigenvalue weighted by Gasteiger charge is 2.14. The zero-order valence-electron chi connectivity index (χ0n) is 12.2. The molecule has 1 heterocycles. The highest BCUT2D eigenvalue weighted by atomic mass is 79.9. The summed E-state index contributed by atoms with van der Waals surface area (Å²) in [6.45, 7) is 0.348. The largest absolute Gasteiger partial charge is 0.350 e. The third kappa shape index (κ3) is 5.74. The molecule has 0 aliphatic rings. The summed E-state index contributed by atoms with van der Waals surface area (Å²) in [6, 6.07) is 11.8. The molecule has 0 saturated carbocycles. The van der Waals surface area contributed by atoms with Gasteiger partial charge in [-0.05, 0) is 30.3 Å². The molecular weight excluding hydrogens is 382 g/mol. The maximum atomic E-state index is 12.1. The van der Waals surface area contributed by atoms with Gasteiger partial charge in [0, 0.05) is 23.6 Å². The number of rotatable bonds is 7. The van der Waals surface area contributed by atoms with Gasteiger partial charge in [0.25, 0.3) is 0 Å². The van der Waals surface area contributed by atoms with E-state index in [1.165, 1.54) is 12.1 Å². The molecule has 0 saturated heterocycles. The Bertz CT molecular complexity index is 767. The number of hydrogen-bond donors (Lipinski definition) is 2. The Hall–Kier alpha value is -1.77. The molecule has 1 aromatic carbocycles. The van der Waals surface area contributed by atoms with Crippen molar-refractivity contribution in [3.05, 3.63) is 58.8 Å². The third-order valence-electron chi connectivity index (χ3n) is 2.94. The number of nitrogens with zero attached hydrogens (tertiary/aromatic N) is 1. The van der Waals surface area contributed by atoms with Gasteiger partial charge >= 0.3 is 0 Å². The lowest BCUT2D eigenvalue weighted by Crippen LogP contribution is -2.30. The number of sulfonamides is 1. The van der Waals surface area contributed by atoms with Crippen molar-refractivity contribution in [3.63, 3.8) is 0 Å². The van der Waals surface area contributed by atoms with Gasteiger partial charge in [0.1, 0.15) is 0 Å². The Morgan fingerprint density at radius 2 is 2.00 bits per heavy atom. The van der Waals surface area contributed by atoms with Crippen molar-refractivity contribution < 1.29 is 13.2 Å². The SMILES string of the molecule is O=C(CCNS(=O)(=O)c1cccc(Br)c1)NCc1ccccn1. The van der Waals surface area contributed by atoms with Gasteiger partial charge < -0.3 is 5.32 Å². The number of nitrogens with one attached hydrogen (secondary N) is 2. The maximum absolute atomic E-state index is 12.1. The summed E-state index contributed by atoms with van der Waals surface area (Å²) in [5.41, 5.74) is 0.746. The molecule has 6 nitrogen and oxygen atoms in total. The van der Waals surface area contributed by atoms with E-state index in [4.69, 9.17) is 0 Å². The minimum Gasteiger partial charge on any atom is -0.350 e. The smallest absolute Gasteiger partial charge is 0.240 e. The van der Waals surface area contributed by atoms with E-state index in [0.29, 0.717) is 11.0 Å². The lowest BCUT2D eigenvalue weighted by Gasteiger charge is -2.08. The van der Waals surface area contributed by atoms with E-state index in [1.54, 1.807) is 30.5 Å². The molecule has 2 aromatic rings. The van der Waals surface area contributed by atoms with E-state index in [1.807, 2.05) is 6.07 Å². The summed E-state index contributed by atoms with van der Waals surface area (Å²) in [5.74, 6) is -0.243. The molecule has 0 spiro atoms. The van der Waals surface area contributed by atoms with Crippen LogP contribution in [0.1, 0.15) is 12.1 Å². The van der Waals surface area contributed by atoms with Crippen molar-refractivity contribution in [2.24, 2.45) is 0 Å². The van der Waals surface area contributed by atoms with Crippen LogP contribution in [-0.2, 0) is 21.4 Å². The first-order chi connectivity index (χ1) is 11.0. The van der Waals surface area contributed by atoms with Gasteiger partial charge in [-0.15, -0.1) is 0 Å². The Kier molecular flexibility index (Phi) is 6.26. The summed E-state index contributed by atoms with van der Waals surface area (Å²) in [5, 5.41) is 2.69. The summed E-state index contributed by atoms with van der Waals surface area (Å²) < 4.78 is 27.2. The Morgan fingerprint density at radius 3 is 2.70 bits per heavy atom. The molecular formula is C15H16BrN3O3S. The van der Waals surface area contributed by atoms with Crippen molar-refractivity contribution >= 4 is 31.9 Å². The summed E-state index contributed by atoms with van der Waals surface area (Å²) in [7, 11) is -3.62. The van der Waals surface area contributed by atoms with Crippen LogP contribution in [0.3, 0.4) is 0 Å². The summed E-state index contributed by atoms with van der Waals surface area (Å²) >= 11 is 3.23. The fraction of sp³-hybridized carbons (Fsp3) is 0.200. The van der Waals surface area contributed by atoms with Crippen molar-refractivity contribution in [2.75, 3.05) is 6.54 Å². The third-order valence-corrected chi connectivity index (χ3v) is 4.90. The molecule has 0 unspecified atom stereocenters. The van der Waals surface area contributed by atoms with E-state index in [2.05, 4.69) is 31.0 Å². The Morgan fingerprint density at radius 1 is 1.17 bits per heavy atom. The fourth-order valence-electron chi connectivity index (χ4n) is 1.80. The van der Waals surface area contributed by atoms with Gasteiger partial charge in [0.05, 0.1) is 17.1 Å². The number of pyridine rings is 1. The van der Waals surface area contributed by atoms with Crippen LogP contribution in [-0.4, -0.2) is 25.9 Å². The minimum atomic E-state index is -3.62. The molecule has 0 atom stereocenters. The molecule has 0 fully saturated rings. The van der Waals surface area contributed by atoms with Crippen LogP contribution in [0.25, 0.3) is 0 Å². The van der Waals surface area contributed by atoms with E-state index in [0.717, 1.165) is 5.69 Å². The Labute approximate surface area is 143 Å². The van der Waals surface area contributed by atoms with Crippen LogP contribution in [0.15, 0.2) is 58.0 Å². The van der Waals surface area contributed by atoms with E-state index in [9.17, 15) is 13.2 Å². The number of hydrogen-bond acceptors (Lipinski definition) is 4. The van der Waals surface area contributed by atoms with E-state index in [-0.39, 0.29) is 23.8 Å². The Balaban J connectivity index is 1.79. The summed E-state index contributed by atoms with van der Waals surface area (Å²) in [4.78, 5) is 16.0. The van der Waals surface area contributed by atoms with Crippen molar-refractivity contribution in [1.29, 1.82) is 0 Å². The van der Waals surface area contributed by atoms with Gasteiger partial charge in [-0.25, -0.2) is 13.1 Å². The number of carbonyl (C=O) groups is 1. The van der Waals surface area contributed by atoms with Crippen LogP contribution < -0.4 is 10.0 Å². The fourth-order valence-corrected chi connectivity index (χ4v) is 3.42. The second-order valence-corrected chi connectivity index (χ2v) is 7.39. The van der Waals surface area contributed by atoms with Gasteiger partial charge in [0.2, 0.25) is 15.9 Å². The lowest BCUT2D eigenvalue weighted by molar-refractivity contribution is -0.121. The molecule has 1 amide bonds. The van der Waals surface area contributed by atoms with Crippen LogP contribution >= 0.6 is 15.9 Å². The number of aromatic nitrogens is 1. The molecule has 2 N–H and O–H groups in total. The zero-order valence-corrected chi connectivity index (χ0v) is 14.6. The molecule has 23 heavy (non-hydrogen) atoms. The van der Waals surface area contributed by atoms with Crippen molar-refractivity contribution in [1.82, 2.24) is 15.0 Å². The predicted octanol–water partition coefficient (Wildman–Crippen LogP) is 1.83. The molecule has 122 valence electrons. The highest BCUT2D eigenvalue weighted by Crippen LogP contribution is 2.15. The van der Waals surface area contributed by atoms with Gasteiger partial charge in [-0.1, -0.05) is 28.1 Å². The molecule has 0 bridgehead atoms. The van der Waals surface area contributed by atoms with Crippen LogP contribution in [0.2, 0.25) is 0 Å². The van der Waals surface area contributed by atoms with Crippen molar-refractivity contribution in [3.8, 4) is 0 Å². The second-order valence-electron chi connectivity index (χ2n) is 4.70. The molecule has 0 radical (unpaired) electrons. The molecule has 8 heteroatoms. The number of benzene rings is 1. The van der Waals surface area contributed by atoms with Gasteiger partial charge in [-0.3, -0.25) is 9.78 Å².